The molecule has 0 saturated carbocycles. The lowest BCUT2D eigenvalue weighted by Crippen LogP contribution is -2.65. The minimum atomic E-state index is -1.05. The normalized spacial score (nSPS) is 17.4. The van der Waals surface area contributed by atoms with Crippen molar-refractivity contribution in [3.05, 3.63) is 29.8 Å². The second-order valence-corrected chi connectivity index (χ2v) is 5.77. The number of hydrogen-bond acceptors (Lipinski definition) is 4. The minimum absolute atomic E-state index is 0.118. The molecule has 3 amide bonds. The average Bonchev–Trinajstić information content (AvgIpc) is 2.42. The molecule has 1 N–H and O–H groups in total. The monoisotopic (exact) mass is 289 g/mol. The van der Waals surface area contributed by atoms with Gasteiger partial charge in [-0.25, -0.2) is 0 Å². The first-order chi connectivity index (χ1) is 9.73. The van der Waals surface area contributed by atoms with Gasteiger partial charge in [0, 0.05) is 25.3 Å². The van der Waals surface area contributed by atoms with E-state index in [0.29, 0.717) is 5.56 Å². The second-order valence-electron chi connectivity index (χ2n) is 5.77. The Bertz CT molecular complexity index is 591. The number of benzene rings is 1. The number of amides is 3. The van der Waals surface area contributed by atoms with Crippen LogP contribution in [0.25, 0.3) is 0 Å². The zero-order valence-electron chi connectivity index (χ0n) is 12.6. The van der Waals surface area contributed by atoms with Gasteiger partial charge in [-0.15, -0.1) is 0 Å². The van der Waals surface area contributed by atoms with Crippen LogP contribution in [0.1, 0.15) is 24.2 Å². The van der Waals surface area contributed by atoms with E-state index >= 15 is 0 Å². The molecule has 0 spiro atoms. The third kappa shape index (κ3) is 2.74. The quantitative estimate of drug-likeness (QED) is 0.811. The van der Waals surface area contributed by atoms with Crippen molar-refractivity contribution in [3.63, 3.8) is 0 Å². The van der Waals surface area contributed by atoms with Crippen molar-refractivity contribution >= 4 is 23.4 Å². The van der Waals surface area contributed by atoms with Crippen LogP contribution in [-0.2, 0) is 9.59 Å². The first-order valence-corrected chi connectivity index (χ1v) is 6.67. The van der Waals surface area contributed by atoms with Crippen LogP contribution in [0.4, 0.5) is 5.69 Å². The highest BCUT2D eigenvalue weighted by molar-refractivity contribution is 6.08. The summed E-state index contributed by atoms with van der Waals surface area (Å²) in [6.07, 6.45) is 0. The number of carbonyl (C=O) groups excluding carboxylic acids is 3. The Morgan fingerprint density at radius 3 is 2.29 bits per heavy atom. The summed E-state index contributed by atoms with van der Waals surface area (Å²) < 4.78 is 0. The second kappa shape index (κ2) is 5.20. The van der Waals surface area contributed by atoms with Crippen LogP contribution in [0, 0.1) is 0 Å². The number of anilines is 1. The van der Waals surface area contributed by atoms with E-state index in [1.165, 1.54) is 4.90 Å². The Hall–Kier alpha value is -2.37. The summed E-state index contributed by atoms with van der Waals surface area (Å²) in [6.45, 7) is 3.13. The predicted octanol–water partition coefficient (Wildman–Crippen LogP) is 0.630. The van der Waals surface area contributed by atoms with Crippen molar-refractivity contribution in [1.29, 1.82) is 0 Å². The van der Waals surface area contributed by atoms with Crippen molar-refractivity contribution < 1.29 is 14.4 Å². The van der Waals surface area contributed by atoms with Gasteiger partial charge in [-0.1, -0.05) is 0 Å². The highest BCUT2D eigenvalue weighted by Crippen LogP contribution is 2.22. The van der Waals surface area contributed by atoms with Gasteiger partial charge in [0.15, 0.2) is 0 Å². The molecule has 0 radical (unpaired) electrons. The Morgan fingerprint density at radius 2 is 1.76 bits per heavy atom. The maximum absolute atomic E-state index is 12.6. The largest absolute Gasteiger partial charge is 0.378 e. The van der Waals surface area contributed by atoms with Gasteiger partial charge in [-0.3, -0.25) is 19.7 Å². The Kier molecular flexibility index (Phi) is 3.72. The Labute approximate surface area is 123 Å². The van der Waals surface area contributed by atoms with Gasteiger partial charge in [-0.05, 0) is 38.1 Å². The van der Waals surface area contributed by atoms with E-state index < -0.39 is 17.4 Å². The van der Waals surface area contributed by atoms with Crippen molar-refractivity contribution in [2.45, 2.75) is 19.4 Å². The number of rotatable bonds is 2. The van der Waals surface area contributed by atoms with Crippen molar-refractivity contribution in [1.82, 2.24) is 10.2 Å². The molecule has 0 aliphatic carbocycles. The molecule has 0 atom stereocenters. The van der Waals surface area contributed by atoms with E-state index in [1.807, 2.05) is 31.1 Å². The van der Waals surface area contributed by atoms with Gasteiger partial charge in [0.05, 0.1) is 0 Å². The average molecular weight is 289 g/mol. The van der Waals surface area contributed by atoms with Gasteiger partial charge in [0.25, 0.3) is 11.8 Å². The molecule has 6 nitrogen and oxygen atoms in total. The number of hydrogen-bond donors (Lipinski definition) is 1. The minimum Gasteiger partial charge on any atom is -0.378 e. The molecule has 0 aromatic heterocycles. The molecule has 1 fully saturated rings. The SMILES string of the molecule is CN(C)c1ccc(C(=O)N2CC(=O)NC(=O)C2(C)C)cc1. The zero-order chi connectivity index (χ0) is 15.8. The lowest BCUT2D eigenvalue weighted by molar-refractivity contribution is -0.143. The van der Waals surface area contributed by atoms with Crippen LogP contribution in [0.3, 0.4) is 0 Å². The summed E-state index contributed by atoms with van der Waals surface area (Å²) in [7, 11) is 3.82. The topological polar surface area (TPSA) is 69.7 Å². The molecule has 0 bridgehead atoms. The molecule has 6 heteroatoms. The zero-order valence-corrected chi connectivity index (χ0v) is 12.6. The van der Waals surface area contributed by atoms with Crippen molar-refractivity contribution in [2.75, 3.05) is 25.5 Å². The number of piperazine rings is 1. The Balaban J connectivity index is 2.29. The van der Waals surface area contributed by atoms with E-state index in [9.17, 15) is 14.4 Å². The van der Waals surface area contributed by atoms with Crippen LogP contribution in [0.2, 0.25) is 0 Å². The molecule has 1 aromatic carbocycles. The predicted molar refractivity (Wildman–Crippen MR) is 79.0 cm³/mol. The van der Waals surface area contributed by atoms with E-state index in [4.69, 9.17) is 0 Å². The maximum Gasteiger partial charge on any atom is 0.255 e. The molecule has 1 saturated heterocycles. The Morgan fingerprint density at radius 1 is 1.19 bits per heavy atom. The summed E-state index contributed by atoms with van der Waals surface area (Å²) in [4.78, 5) is 39.2. The summed E-state index contributed by atoms with van der Waals surface area (Å²) in [5.74, 6) is -1.25. The summed E-state index contributed by atoms with van der Waals surface area (Å²) in [5.41, 5.74) is 0.375. The molecule has 0 unspecified atom stereocenters. The van der Waals surface area contributed by atoms with Crippen LogP contribution in [0.15, 0.2) is 24.3 Å². The van der Waals surface area contributed by atoms with Gasteiger partial charge in [0.2, 0.25) is 5.91 Å². The standard InChI is InChI=1S/C15H19N3O3/c1-15(2)14(21)16-12(19)9-18(15)13(20)10-5-7-11(8-6-10)17(3)4/h5-8H,9H2,1-4H3,(H,16,19,21). The summed E-state index contributed by atoms with van der Waals surface area (Å²) in [5, 5.41) is 2.25. The number of nitrogens with zero attached hydrogens (tertiary/aromatic N) is 2. The number of imide groups is 1. The van der Waals surface area contributed by atoms with Gasteiger partial charge >= 0.3 is 0 Å². The van der Waals surface area contributed by atoms with Gasteiger partial charge < -0.3 is 9.80 Å². The molecular weight excluding hydrogens is 270 g/mol. The molecular formula is C15H19N3O3. The van der Waals surface area contributed by atoms with Crippen LogP contribution in [-0.4, -0.2) is 48.8 Å². The molecule has 1 aromatic rings. The van der Waals surface area contributed by atoms with Crippen molar-refractivity contribution in [2.24, 2.45) is 0 Å². The van der Waals surface area contributed by atoms with E-state index in [2.05, 4.69) is 5.32 Å². The smallest absolute Gasteiger partial charge is 0.255 e. The summed E-state index contributed by atoms with van der Waals surface area (Å²) >= 11 is 0. The van der Waals surface area contributed by atoms with E-state index in [-0.39, 0.29) is 12.5 Å². The highest BCUT2D eigenvalue weighted by Gasteiger charge is 2.43. The van der Waals surface area contributed by atoms with Crippen molar-refractivity contribution in [3.8, 4) is 0 Å². The maximum atomic E-state index is 12.6. The molecule has 1 aliphatic rings. The fourth-order valence-electron chi connectivity index (χ4n) is 2.17. The van der Waals surface area contributed by atoms with Gasteiger partial charge in [-0.2, -0.15) is 0 Å². The lowest BCUT2D eigenvalue weighted by Gasteiger charge is -2.40. The van der Waals surface area contributed by atoms with E-state index in [1.54, 1.807) is 26.0 Å². The van der Waals surface area contributed by atoms with Crippen LogP contribution < -0.4 is 10.2 Å². The molecule has 1 aliphatic heterocycles. The third-order valence-electron chi connectivity index (χ3n) is 3.66. The van der Waals surface area contributed by atoms with Crippen LogP contribution >= 0.6 is 0 Å². The first kappa shape index (κ1) is 15.0. The van der Waals surface area contributed by atoms with E-state index in [0.717, 1.165) is 5.69 Å². The highest BCUT2D eigenvalue weighted by atomic mass is 16.2. The molecule has 2 rings (SSSR count). The summed E-state index contributed by atoms with van der Waals surface area (Å²) in [6, 6.07) is 7.05. The fraction of sp³-hybridized carbons (Fsp3) is 0.400. The third-order valence-corrected chi connectivity index (χ3v) is 3.66. The van der Waals surface area contributed by atoms with Gasteiger partial charge in [0.1, 0.15) is 12.1 Å². The lowest BCUT2D eigenvalue weighted by atomic mass is 9.97. The number of nitrogens with one attached hydrogen (secondary N) is 1. The molecule has 112 valence electrons. The van der Waals surface area contributed by atoms with Crippen LogP contribution in [0.5, 0.6) is 0 Å². The molecule has 21 heavy (non-hydrogen) atoms. The fourth-order valence-corrected chi connectivity index (χ4v) is 2.17. The molecule has 1 heterocycles. The number of carbonyl (C=O) groups is 3. The first-order valence-electron chi connectivity index (χ1n) is 6.67.